The summed E-state index contributed by atoms with van der Waals surface area (Å²) in [6.07, 6.45) is 1.29. The number of hydrogen-bond donors (Lipinski definition) is 2. The molecule has 0 spiro atoms. The number of para-hydroxylation sites is 1. The number of rotatable bonds is 4. The number of nitrogens with zero attached hydrogens (tertiary/aromatic N) is 2. The van der Waals surface area contributed by atoms with E-state index in [1.54, 1.807) is 0 Å². The molecule has 9 heteroatoms. The van der Waals surface area contributed by atoms with Crippen molar-refractivity contribution >= 4 is 51.0 Å². The van der Waals surface area contributed by atoms with Crippen molar-refractivity contribution in [2.45, 2.75) is 0 Å². The van der Waals surface area contributed by atoms with E-state index in [1.807, 2.05) is 24.3 Å². The fourth-order valence-corrected chi connectivity index (χ4v) is 1.92. The molecule has 7 nitrogen and oxygen atoms in total. The van der Waals surface area contributed by atoms with Crippen LogP contribution in [0.5, 0.6) is 0 Å². The number of nitrogens with one attached hydrogen (secondary N) is 2. The Bertz CT molecular complexity index is 701. The van der Waals surface area contributed by atoms with Crippen molar-refractivity contribution in [1.29, 1.82) is 0 Å². The van der Waals surface area contributed by atoms with Crippen LogP contribution < -0.4 is 10.7 Å². The molecule has 0 amide bonds. The molecule has 1 aromatic carbocycles. The van der Waals surface area contributed by atoms with Gasteiger partial charge in [-0.15, -0.1) is 0 Å². The van der Waals surface area contributed by atoms with Gasteiger partial charge in [0.05, 0.1) is 18.0 Å². The molecular formula is C12H9BrN4O3S. The van der Waals surface area contributed by atoms with Crippen LogP contribution in [0.2, 0.25) is 0 Å². The Labute approximate surface area is 133 Å². The first kappa shape index (κ1) is 15.1. The van der Waals surface area contributed by atoms with Gasteiger partial charge in [0, 0.05) is 4.47 Å². The smallest absolute Gasteiger partial charge is 0.400 e. The van der Waals surface area contributed by atoms with Crippen LogP contribution in [-0.4, -0.2) is 16.3 Å². The molecule has 2 rings (SSSR count). The number of hydrogen-bond acceptors (Lipinski definition) is 5. The minimum atomic E-state index is -0.621. The molecular weight excluding hydrogens is 360 g/mol. The molecule has 2 aromatic rings. The predicted molar refractivity (Wildman–Crippen MR) is 86.5 cm³/mol. The zero-order valence-electron chi connectivity index (χ0n) is 10.4. The van der Waals surface area contributed by atoms with Crippen molar-refractivity contribution in [3.8, 4) is 0 Å². The summed E-state index contributed by atoms with van der Waals surface area (Å²) in [5.41, 5.74) is 3.38. The maximum Gasteiger partial charge on any atom is 0.433 e. The van der Waals surface area contributed by atoms with Crippen molar-refractivity contribution in [2.24, 2.45) is 5.10 Å². The van der Waals surface area contributed by atoms with Gasteiger partial charge in [0.15, 0.2) is 10.9 Å². The Hall–Kier alpha value is -2.26. The Kier molecular flexibility index (Phi) is 5.01. The van der Waals surface area contributed by atoms with E-state index in [-0.39, 0.29) is 16.8 Å². The van der Waals surface area contributed by atoms with E-state index in [0.29, 0.717) is 0 Å². The fourth-order valence-electron chi connectivity index (χ4n) is 1.38. The van der Waals surface area contributed by atoms with Crippen LogP contribution in [0.1, 0.15) is 5.76 Å². The minimum Gasteiger partial charge on any atom is -0.400 e. The number of benzene rings is 1. The van der Waals surface area contributed by atoms with E-state index in [9.17, 15) is 10.1 Å². The first-order valence-corrected chi connectivity index (χ1v) is 6.85. The number of hydrazone groups is 1. The van der Waals surface area contributed by atoms with Gasteiger partial charge in [0.2, 0.25) is 0 Å². The maximum absolute atomic E-state index is 10.4. The summed E-state index contributed by atoms with van der Waals surface area (Å²) in [6.45, 7) is 0. The van der Waals surface area contributed by atoms with Crippen molar-refractivity contribution < 1.29 is 9.34 Å². The monoisotopic (exact) mass is 368 g/mol. The molecule has 0 fully saturated rings. The Morgan fingerprint density at radius 2 is 2.14 bits per heavy atom. The molecule has 0 unspecified atom stereocenters. The van der Waals surface area contributed by atoms with Gasteiger partial charge in [-0.3, -0.25) is 15.5 Å². The SMILES string of the molecule is O=[N+]([O-])c1ccc(/C=N/NC(=S)Nc2ccccc2Br)o1. The van der Waals surface area contributed by atoms with Gasteiger partial charge in [-0.05, 0) is 46.3 Å². The highest BCUT2D eigenvalue weighted by atomic mass is 79.9. The van der Waals surface area contributed by atoms with E-state index >= 15 is 0 Å². The number of halogens is 1. The van der Waals surface area contributed by atoms with E-state index < -0.39 is 4.92 Å². The van der Waals surface area contributed by atoms with Crippen LogP contribution in [0.25, 0.3) is 0 Å². The van der Waals surface area contributed by atoms with Crippen LogP contribution in [-0.2, 0) is 0 Å². The summed E-state index contributed by atoms with van der Waals surface area (Å²) in [5, 5.41) is 17.5. The van der Waals surface area contributed by atoms with Crippen LogP contribution in [0.3, 0.4) is 0 Å². The van der Waals surface area contributed by atoms with Crippen molar-refractivity contribution in [1.82, 2.24) is 5.43 Å². The van der Waals surface area contributed by atoms with Gasteiger partial charge in [0.25, 0.3) is 0 Å². The molecule has 0 aliphatic heterocycles. The summed E-state index contributed by atoms with van der Waals surface area (Å²) in [6, 6.07) is 10.1. The van der Waals surface area contributed by atoms with Gasteiger partial charge < -0.3 is 9.73 Å². The van der Waals surface area contributed by atoms with Gasteiger partial charge >= 0.3 is 5.88 Å². The third-order valence-corrected chi connectivity index (χ3v) is 3.16. The molecule has 1 heterocycles. The lowest BCUT2D eigenvalue weighted by molar-refractivity contribution is -0.402. The molecule has 108 valence electrons. The van der Waals surface area contributed by atoms with Crippen LogP contribution in [0, 0.1) is 10.1 Å². The second-order valence-corrected chi connectivity index (χ2v) is 5.00. The molecule has 0 radical (unpaired) electrons. The first-order valence-electron chi connectivity index (χ1n) is 5.65. The molecule has 0 aliphatic carbocycles. The Morgan fingerprint density at radius 1 is 1.38 bits per heavy atom. The standard InChI is InChI=1S/C12H9BrN4O3S/c13-9-3-1-2-4-10(9)15-12(21)16-14-7-8-5-6-11(20-8)17(18)19/h1-7H,(H2,15,16,21)/b14-7+. The Morgan fingerprint density at radius 3 is 2.81 bits per heavy atom. The summed E-state index contributed by atoms with van der Waals surface area (Å²) in [4.78, 5) is 9.83. The lowest BCUT2D eigenvalue weighted by Gasteiger charge is -2.08. The Balaban J connectivity index is 1.90. The quantitative estimate of drug-likeness (QED) is 0.372. The van der Waals surface area contributed by atoms with Crippen LogP contribution in [0.4, 0.5) is 11.6 Å². The zero-order valence-corrected chi connectivity index (χ0v) is 12.8. The highest BCUT2D eigenvalue weighted by Gasteiger charge is 2.10. The highest BCUT2D eigenvalue weighted by molar-refractivity contribution is 9.10. The topological polar surface area (TPSA) is 92.7 Å². The summed E-state index contributed by atoms with van der Waals surface area (Å²) >= 11 is 8.44. The lowest BCUT2D eigenvalue weighted by atomic mass is 10.3. The molecule has 2 N–H and O–H groups in total. The molecule has 0 saturated heterocycles. The van der Waals surface area contributed by atoms with Gasteiger partial charge in [-0.25, -0.2) is 0 Å². The van der Waals surface area contributed by atoms with E-state index in [4.69, 9.17) is 16.6 Å². The number of anilines is 1. The highest BCUT2D eigenvalue weighted by Crippen LogP contribution is 2.20. The molecule has 0 atom stereocenters. The fraction of sp³-hybridized carbons (Fsp3) is 0. The van der Waals surface area contributed by atoms with Crippen molar-refractivity contribution in [3.05, 3.63) is 56.7 Å². The molecule has 1 aromatic heterocycles. The second-order valence-electron chi connectivity index (χ2n) is 3.74. The van der Waals surface area contributed by atoms with Gasteiger partial charge in [0.1, 0.15) is 4.92 Å². The average molecular weight is 369 g/mol. The zero-order chi connectivity index (χ0) is 15.2. The van der Waals surface area contributed by atoms with Crippen molar-refractivity contribution in [2.75, 3.05) is 5.32 Å². The average Bonchev–Trinajstić information content (AvgIpc) is 2.90. The maximum atomic E-state index is 10.4. The summed E-state index contributed by atoms with van der Waals surface area (Å²) < 4.78 is 5.77. The second kappa shape index (κ2) is 6.95. The van der Waals surface area contributed by atoms with E-state index in [1.165, 1.54) is 18.3 Å². The van der Waals surface area contributed by atoms with Gasteiger partial charge in [-0.1, -0.05) is 12.1 Å². The summed E-state index contributed by atoms with van der Waals surface area (Å²) in [7, 11) is 0. The molecule has 0 bridgehead atoms. The largest absolute Gasteiger partial charge is 0.433 e. The number of nitro groups is 1. The number of furan rings is 1. The molecule has 0 aliphatic rings. The van der Waals surface area contributed by atoms with Crippen molar-refractivity contribution in [3.63, 3.8) is 0 Å². The minimum absolute atomic E-state index is 0.248. The lowest BCUT2D eigenvalue weighted by Crippen LogP contribution is -2.23. The van der Waals surface area contributed by atoms with E-state index in [0.717, 1.165) is 10.2 Å². The first-order chi connectivity index (χ1) is 10.1. The predicted octanol–water partition coefficient (Wildman–Crippen LogP) is 3.27. The third kappa shape index (κ3) is 4.36. The van der Waals surface area contributed by atoms with Crippen LogP contribution >= 0.6 is 28.1 Å². The molecule has 21 heavy (non-hydrogen) atoms. The molecule has 0 saturated carbocycles. The van der Waals surface area contributed by atoms with Crippen LogP contribution in [0.15, 0.2) is 50.4 Å². The van der Waals surface area contributed by atoms with Gasteiger partial charge in [-0.2, -0.15) is 5.10 Å². The summed E-state index contributed by atoms with van der Waals surface area (Å²) in [5.74, 6) is -0.0942. The third-order valence-electron chi connectivity index (χ3n) is 2.27. The number of thiocarbonyl (C=S) groups is 1. The normalized spacial score (nSPS) is 10.5. The van der Waals surface area contributed by atoms with E-state index in [2.05, 4.69) is 31.8 Å².